The number of rotatable bonds is 8. The highest BCUT2D eigenvalue weighted by Crippen LogP contribution is 2.41. The number of carbonyl (C=O) groups excluding carboxylic acids is 1. The summed E-state index contributed by atoms with van der Waals surface area (Å²) in [5.41, 5.74) is 6.41. The molecule has 0 saturated carbocycles. The van der Waals surface area contributed by atoms with Gasteiger partial charge in [-0.05, 0) is 44.4 Å². The molecule has 0 fully saturated rings. The summed E-state index contributed by atoms with van der Waals surface area (Å²) in [5, 5.41) is 15.4. The van der Waals surface area contributed by atoms with Gasteiger partial charge in [0, 0.05) is 0 Å². The Morgan fingerprint density at radius 2 is 1.27 bits per heavy atom. The van der Waals surface area contributed by atoms with Gasteiger partial charge in [0.1, 0.15) is 11.6 Å². The van der Waals surface area contributed by atoms with E-state index in [0.29, 0.717) is 11.1 Å². The lowest BCUT2D eigenvalue weighted by Crippen LogP contribution is -2.54. The summed E-state index contributed by atoms with van der Waals surface area (Å²) in [7, 11) is 0. The van der Waals surface area contributed by atoms with Crippen LogP contribution in [0.4, 0.5) is 0 Å². The lowest BCUT2D eigenvalue weighted by Gasteiger charge is -2.39. The minimum atomic E-state index is -1.53. The van der Waals surface area contributed by atoms with Gasteiger partial charge in [0.2, 0.25) is 5.91 Å². The second-order valence-electron chi connectivity index (χ2n) is 9.31. The van der Waals surface area contributed by atoms with E-state index in [2.05, 4.69) is 5.32 Å². The molecule has 0 spiro atoms. The molecule has 4 N–H and O–H groups in total. The fraction of sp³-hybridized carbons (Fsp3) is 0.321. The molecule has 0 aliphatic carbocycles. The van der Waals surface area contributed by atoms with Crippen molar-refractivity contribution in [2.45, 2.75) is 57.1 Å². The lowest BCUT2D eigenvalue weighted by molar-refractivity contribution is -0.132. The largest absolute Gasteiger partial charge is 0.378 e. The first-order chi connectivity index (χ1) is 15.6. The molecule has 0 aliphatic heterocycles. The van der Waals surface area contributed by atoms with Gasteiger partial charge in [0.25, 0.3) is 0 Å². The van der Waals surface area contributed by atoms with Gasteiger partial charge in [0.05, 0.1) is 17.7 Å². The highest BCUT2D eigenvalue weighted by atomic mass is 16.5. The van der Waals surface area contributed by atoms with Gasteiger partial charge in [0.15, 0.2) is 0 Å². The van der Waals surface area contributed by atoms with Crippen molar-refractivity contribution < 1.29 is 14.6 Å². The van der Waals surface area contributed by atoms with Gasteiger partial charge in [-0.1, -0.05) is 91.0 Å². The van der Waals surface area contributed by atoms with Crippen LogP contribution in [-0.4, -0.2) is 28.8 Å². The number of nitrogens with one attached hydrogen (secondary N) is 1. The molecule has 5 heteroatoms. The monoisotopic (exact) mass is 446 g/mol. The van der Waals surface area contributed by atoms with Gasteiger partial charge >= 0.3 is 0 Å². The number of hydrogen-bond acceptors (Lipinski definition) is 4. The van der Waals surface area contributed by atoms with Crippen molar-refractivity contribution in [3.05, 3.63) is 108 Å². The predicted octanol–water partition coefficient (Wildman–Crippen LogP) is 4.31. The Kier molecular flexibility index (Phi) is 7.69. The highest BCUT2D eigenvalue weighted by Gasteiger charge is 2.43. The van der Waals surface area contributed by atoms with E-state index in [1.54, 1.807) is 6.92 Å². The van der Waals surface area contributed by atoms with Crippen LogP contribution in [0.15, 0.2) is 91.0 Å². The summed E-state index contributed by atoms with van der Waals surface area (Å²) in [6, 6.07) is 26.5. The van der Waals surface area contributed by atoms with Crippen molar-refractivity contribution in [2.75, 3.05) is 0 Å². The van der Waals surface area contributed by atoms with E-state index in [1.165, 1.54) is 0 Å². The van der Waals surface area contributed by atoms with Crippen LogP contribution in [0.5, 0.6) is 0 Å². The molecule has 0 aliphatic rings. The molecule has 0 aromatic heterocycles. The molecule has 3 aromatic carbocycles. The third-order valence-electron chi connectivity index (χ3n) is 5.61. The standard InChI is InChI=1S/C28H34N2O3/c1-20(33-27(2,3)4)24(29)26(31)30-25(21-14-8-5-9-15-21)28(32,22-16-10-6-11-17-22)23-18-12-7-13-19-23/h5-20,24-25,32H,29H2,1-4H3,(H,30,31)/t20-,24+,25+/m1/s1. The summed E-state index contributed by atoms with van der Waals surface area (Å²) in [5.74, 6) is -0.397. The van der Waals surface area contributed by atoms with E-state index in [-0.39, 0.29) is 0 Å². The van der Waals surface area contributed by atoms with E-state index >= 15 is 0 Å². The number of ether oxygens (including phenoxy) is 1. The quantitative estimate of drug-likeness (QED) is 0.481. The molecule has 33 heavy (non-hydrogen) atoms. The van der Waals surface area contributed by atoms with E-state index in [1.807, 2.05) is 112 Å². The van der Waals surface area contributed by atoms with Gasteiger partial charge in [-0.3, -0.25) is 4.79 Å². The van der Waals surface area contributed by atoms with E-state index < -0.39 is 35.3 Å². The van der Waals surface area contributed by atoms with Gasteiger partial charge < -0.3 is 20.9 Å². The molecule has 3 aromatic rings. The van der Waals surface area contributed by atoms with Crippen LogP contribution >= 0.6 is 0 Å². The third kappa shape index (κ3) is 5.88. The van der Waals surface area contributed by atoms with Crippen LogP contribution in [-0.2, 0) is 15.1 Å². The summed E-state index contributed by atoms with van der Waals surface area (Å²) in [6.45, 7) is 7.55. The summed E-state index contributed by atoms with van der Waals surface area (Å²) >= 11 is 0. The first-order valence-electron chi connectivity index (χ1n) is 11.2. The predicted molar refractivity (Wildman–Crippen MR) is 131 cm³/mol. The zero-order chi connectivity index (χ0) is 24.1. The SMILES string of the molecule is C[C@@H](OC(C)(C)C)[C@H](N)C(=O)N[C@@H](c1ccccc1)C(O)(c1ccccc1)c1ccccc1. The first kappa shape index (κ1) is 24.6. The number of benzene rings is 3. The molecule has 3 rings (SSSR count). The molecule has 0 heterocycles. The van der Waals surface area contributed by atoms with Crippen LogP contribution in [0.1, 0.15) is 50.4 Å². The zero-order valence-electron chi connectivity index (χ0n) is 19.7. The normalized spacial score (nSPS) is 14.8. The molecule has 0 radical (unpaired) electrons. The minimum Gasteiger partial charge on any atom is -0.378 e. The van der Waals surface area contributed by atoms with Gasteiger partial charge in [-0.15, -0.1) is 0 Å². The van der Waals surface area contributed by atoms with E-state index in [9.17, 15) is 9.90 Å². The number of carbonyl (C=O) groups is 1. The number of amides is 1. The second kappa shape index (κ2) is 10.3. The molecule has 3 atom stereocenters. The Bertz CT molecular complexity index is 978. The Morgan fingerprint density at radius 3 is 1.70 bits per heavy atom. The summed E-state index contributed by atoms with van der Waals surface area (Å²) in [4.78, 5) is 13.3. The zero-order valence-corrected chi connectivity index (χ0v) is 19.7. The van der Waals surface area contributed by atoms with Crippen LogP contribution < -0.4 is 11.1 Å². The van der Waals surface area contributed by atoms with Crippen LogP contribution in [0.2, 0.25) is 0 Å². The molecule has 174 valence electrons. The van der Waals surface area contributed by atoms with Crippen molar-refractivity contribution in [3.8, 4) is 0 Å². The molecule has 0 bridgehead atoms. The van der Waals surface area contributed by atoms with Gasteiger partial charge in [-0.25, -0.2) is 0 Å². The second-order valence-corrected chi connectivity index (χ2v) is 9.31. The van der Waals surface area contributed by atoms with Crippen molar-refractivity contribution in [2.24, 2.45) is 5.73 Å². The molecule has 0 saturated heterocycles. The molecule has 0 unspecified atom stereocenters. The van der Waals surface area contributed by atoms with Crippen LogP contribution in [0.3, 0.4) is 0 Å². The third-order valence-corrected chi connectivity index (χ3v) is 5.61. The lowest BCUT2D eigenvalue weighted by atomic mass is 9.77. The maximum Gasteiger partial charge on any atom is 0.240 e. The maximum atomic E-state index is 13.3. The molecule has 1 amide bonds. The van der Waals surface area contributed by atoms with Crippen molar-refractivity contribution >= 4 is 5.91 Å². The average Bonchev–Trinajstić information content (AvgIpc) is 2.82. The highest BCUT2D eigenvalue weighted by molar-refractivity contribution is 5.83. The molecule has 5 nitrogen and oxygen atoms in total. The maximum absolute atomic E-state index is 13.3. The topological polar surface area (TPSA) is 84.6 Å². The van der Waals surface area contributed by atoms with Crippen molar-refractivity contribution in [3.63, 3.8) is 0 Å². The Labute approximate surface area is 196 Å². The molecular formula is C28H34N2O3. The average molecular weight is 447 g/mol. The number of hydrogen-bond donors (Lipinski definition) is 3. The Balaban J connectivity index is 2.06. The number of nitrogens with two attached hydrogens (primary N) is 1. The minimum absolute atomic E-state index is 0.397. The van der Waals surface area contributed by atoms with Crippen molar-refractivity contribution in [1.82, 2.24) is 5.32 Å². The van der Waals surface area contributed by atoms with E-state index in [0.717, 1.165) is 5.56 Å². The van der Waals surface area contributed by atoms with Crippen molar-refractivity contribution in [1.29, 1.82) is 0 Å². The number of aliphatic hydroxyl groups is 1. The van der Waals surface area contributed by atoms with E-state index in [4.69, 9.17) is 10.5 Å². The fourth-order valence-corrected chi connectivity index (χ4v) is 4.04. The smallest absolute Gasteiger partial charge is 0.240 e. The fourth-order valence-electron chi connectivity index (χ4n) is 4.04. The van der Waals surface area contributed by atoms with Crippen LogP contribution in [0.25, 0.3) is 0 Å². The molecular weight excluding hydrogens is 412 g/mol. The van der Waals surface area contributed by atoms with Crippen LogP contribution in [0, 0.1) is 0 Å². The summed E-state index contributed by atoms with van der Waals surface area (Å²) < 4.78 is 5.91. The Morgan fingerprint density at radius 1 is 0.848 bits per heavy atom. The first-order valence-corrected chi connectivity index (χ1v) is 11.2. The van der Waals surface area contributed by atoms with Gasteiger partial charge in [-0.2, -0.15) is 0 Å². The Hall–Kier alpha value is -2.99. The summed E-state index contributed by atoms with van der Waals surface area (Å²) in [6.07, 6.45) is -0.511.